The Morgan fingerprint density at radius 2 is 1.78 bits per heavy atom. The Labute approximate surface area is 135 Å². The molecule has 0 bridgehead atoms. The second-order valence-corrected chi connectivity index (χ2v) is 5.84. The van der Waals surface area contributed by atoms with Gasteiger partial charge in [-0.3, -0.25) is 4.79 Å². The number of nitrogens with zero attached hydrogens (tertiary/aromatic N) is 1. The second-order valence-electron chi connectivity index (χ2n) is 5.84. The molecule has 0 saturated heterocycles. The van der Waals surface area contributed by atoms with E-state index in [9.17, 15) is 4.79 Å². The number of para-hydroxylation sites is 1. The maximum Gasteiger partial charge on any atom is 0.252 e. The van der Waals surface area contributed by atoms with E-state index >= 15 is 0 Å². The SMILES string of the molecule is CN(C)CCc1ccc(Oc2cc(=O)[nH]c3ccccc23)cc1. The minimum absolute atomic E-state index is 0.165. The zero-order valence-corrected chi connectivity index (χ0v) is 13.4. The summed E-state index contributed by atoms with van der Waals surface area (Å²) in [5.74, 6) is 1.31. The lowest BCUT2D eigenvalue weighted by Crippen LogP contribution is -2.14. The van der Waals surface area contributed by atoms with Crippen LogP contribution in [0.25, 0.3) is 10.9 Å². The molecule has 0 radical (unpaired) electrons. The number of likely N-dealkylation sites (N-methyl/N-ethyl adjacent to an activating group) is 1. The minimum atomic E-state index is -0.165. The molecule has 1 N–H and O–H groups in total. The van der Waals surface area contributed by atoms with Crippen molar-refractivity contribution in [1.29, 1.82) is 0 Å². The molecule has 0 aliphatic carbocycles. The average molecular weight is 308 g/mol. The second kappa shape index (κ2) is 6.67. The number of H-pyrrole nitrogens is 1. The van der Waals surface area contributed by atoms with Gasteiger partial charge < -0.3 is 14.6 Å². The topological polar surface area (TPSA) is 45.3 Å². The van der Waals surface area contributed by atoms with Gasteiger partial charge in [-0.2, -0.15) is 0 Å². The van der Waals surface area contributed by atoms with Crippen LogP contribution in [0, 0.1) is 0 Å². The molecular formula is C19H20N2O2. The van der Waals surface area contributed by atoms with E-state index in [1.807, 2.05) is 36.4 Å². The van der Waals surface area contributed by atoms with Gasteiger partial charge in [0.1, 0.15) is 11.5 Å². The number of hydrogen-bond donors (Lipinski definition) is 1. The van der Waals surface area contributed by atoms with E-state index in [0.717, 1.165) is 29.6 Å². The molecule has 0 saturated carbocycles. The lowest BCUT2D eigenvalue weighted by Gasteiger charge is -2.11. The van der Waals surface area contributed by atoms with E-state index in [-0.39, 0.29) is 5.56 Å². The Balaban J connectivity index is 1.83. The number of aromatic nitrogens is 1. The summed E-state index contributed by atoms with van der Waals surface area (Å²) in [5, 5.41) is 0.892. The summed E-state index contributed by atoms with van der Waals surface area (Å²) in [6.45, 7) is 1.01. The predicted octanol–water partition coefficient (Wildman–Crippen LogP) is 3.42. The standard InChI is InChI=1S/C19H20N2O2/c1-21(2)12-11-14-7-9-15(10-8-14)23-18-13-19(22)20-17-6-4-3-5-16(17)18/h3-10,13H,11-12H2,1-2H3,(H,20,22). The summed E-state index contributed by atoms with van der Waals surface area (Å²) in [6, 6.07) is 17.1. The van der Waals surface area contributed by atoms with Crippen LogP contribution in [-0.2, 0) is 6.42 Å². The van der Waals surface area contributed by atoms with Gasteiger partial charge in [0.25, 0.3) is 5.56 Å². The van der Waals surface area contributed by atoms with Crippen molar-refractivity contribution in [3.8, 4) is 11.5 Å². The molecular weight excluding hydrogens is 288 g/mol. The number of nitrogens with one attached hydrogen (secondary N) is 1. The van der Waals surface area contributed by atoms with Crippen LogP contribution in [0.1, 0.15) is 5.56 Å². The molecule has 0 atom stereocenters. The van der Waals surface area contributed by atoms with Gasteiger partial charge in [-0.05, 0) is 50.3 Å². The molecule has 0 aliphatic rings. The number of hydrogen-bond acceptors (Lipinski definition) is 3. The quantitative estimate of drug-likeness (QED) is 0.785. The molecule has 0 aliphatic heterocycles. The van der Waals surface area contributed by atoms with Crippen LogP contribution < -0.4 is 10.3 Å². The highest BCUT2D eigenvalue weighted by Gasteiger charge is 2.05. The molecule has 4 nitrogen and oxygen atoms in total. The van der Waals surface area contributed by atoms with Crippen LogP contribution >= 0.6 is 0 Å². The maximum absolute atomic E-state index is 11.8. The first-order chi connectivity index (χ1) is 11.1. The van der Waals surface area contributed by atoms with E-state index in [1.54, 1.807) is 0 Å². The normalized spacial score (nSPS) is 11.1. The molecule has 3 rings (SSSR count). The third-order valence-corrected chi connectivity index (χ3v) is 3.71. The molecule has 2 aromatic carbocycles. The highest BCUT2D eigenvalue weighted by molar-refractivity contribution is 5.84. The van der Waals surface area contributed by atoms with Gasteiger partial charge in [0.15, 0.2) is 0 Å². The molecule has 1 heterocycles. The van der Waals surface area contributed by atoms with Crippen molar-refractivity contribution in [1.82, 2.24) is 9.88 Å². The summed E-state index contributed by atoms with van der Waals surface area (Å²) in [6.07, 6.45) is 1.00. The molecule has 0 unspecified atom stereocenters. The first-order valence-corrected chi connectivity index (χ1v) is 7.65. The minimum Gasteiger partial charge on any atom is -0.456 e. The molecule has 0 spiro atoms. The molecule has 3 aromatic rings. The number of fused-ring (bicyclic) bond motifs is 1. The van der Waals surface area contributed by atoms with Crippen LogP contribution in [0.3, 0.4) is 0 Å². The van der Waals surface area contributed by atoms with E-state index in [4.69, 9.17) is 4.74 Å². The maximum atomic E-state index is 11.8. The summed E-state index contributed by atoms with van der Waals surface area (Å²) >= 11 is 0. The fourth-order valence-corrected chi connectivity index (χ4v) is 2.46. The fraction of sp³-hybridized carbons (Fsp3) is 0.211. The lowest BCUT2D eigenvalue weighted by atomic mass is 10.1. The van der Waals surface area contributed by atoms with Crippen LogP contribution in [0.4, 0.5) is 0 Å². The van der Waals surface area contributed by atoms with Gasteiger partial charge >= 0.3 is 0 Å². The predicted molar refractivity (Wildman–Crippen MR) is 93.3 cm³/mol. The summed E-state index contributed by atoms with van der Waals surface area (Å²) in [7, 11) is 4.13. The van der Waals surface area contributed by atoms with Crippen molar-refractivity contribution in [2.45, 2.75) is 6.42 Å². The Morgan fingerprint density at radius 1 is 1.04 bits per heavy atom. The third-order valence-electron chi connectivity index (χ3n) is 3.71. The van der Waals surface area contributed by atoms with Crippen molar-refractivity contribution in [3.05, 3.63) is 70.5 Å². The van der Waals surface area contributed by atoms with Crippen molar-refractivity contribution in [2.24, 2.45) is 0 Å². The van der Waals surface area contributed by atoms with Crippen LogP contribution in [-0.4, -0.2) is 30.5 Å². The van der Waals surface area contributed by atoms with Gasteiger partial charge in [0.2, 0.25) is 0 Å². The largest absolute Gasteiger partial charge is 0.456 e. The van der Waals surface area contributed by atoms with Gasteiger partial charge in [-0.15, -0.1) is 0 Å². The molecule has 23 heavy (non-hydrogen) atoms. The van der Waals surface area contributed by atoms with Crippen LogP contribution in [0.2, 0.25) is 0 Å². The first kappa shape index (κ1) is 15.3. The Kier molecular flexibility index (Phi) is 4.44. The highest BCUT2D eigenvalue weighted by Crippen LogP contribution is 2.27. The van der Waals surface area contributed by atoms with E-state index in [1.165, 1.54) is 11.6 Å². The van der Waals surface area contributed by atoms with E-state index in [2.05, 4.69) is 36.1 Å². The average Bonchev–Trinajstić information content (AvgIpc) is 2.54. The number of rotatable bonds is 5. The monoisotopic (exact) mass is 308 g/mol. The number of aromatic amines is 1. The first-order valence-electron chi connectivity index (χ1n) is 7.65. The van der Waals surface area contributed by atoms with Gasteiger partial charge in [-0.25, -0.2) is 0 Å². The Hall–Kier alpha value is -2.59. The molecule has 118 valence electrons. The summed E-state index contributed by atoms with van der Waals surface area (Å²) in [5.41, 5.74) is 1.88. The molecule has 4 heteroatoms. The smallest absolute Gasteiger partial charge is 0.252 e. The zero-order valence-electron chi connectivity index (χ0n) is 13.4. The molecule has 0 fully saturated rings. The Morgan fingerprint density at radius 3 is 2.52 bits per heavy atom. The van der Waals surface area contributed by atoms with Crippen LogP contribution in [0.5, 0.6) is 11.5 Å². The third kappa shape index (κ3) is 3.79. The van der Waals surface area contributed by atoms with Crippen molar-refractivity contribution in [3.63, 3.8) is 0 Å². The number of pyridine rings is 1. The number of ether oxygens (including phenoxy) is 1. The van der Waals surface area contributed by atoms with Gasteiger partial charge in [0, 0.05) is 18.0 Å². The van der Waals surface area contributed by atoms with E-state index < -0.39 is 0 Å². The zero-order chi connectivity index (χ0) is 16.2. The number of benzene rings is 2. The lowest BCUT2D eigenvalue weighted by molar-refractivity contribution is 0.413. The van der Waals surface area contributed by atoms with Crippen LogP contribution in [0.15, 0.2) is 59.4 Å². The van der Waals surface area contributed by atoms with Crippen molar-refractivity contribution < 1.29 is 4.74 Å². The summed E-state index contributed by atoms with van der Waals surface area (Å²) < 4.78 is 5.92. The van der Waals surface area contributed by atoms with E-state index in [0.29, 0.717) is 5.75 Å². The van der Waals surface area contributed by atoms with Crippen molar-refractivity contribution in [2.75, 3.05) is 20.6 Å². The molecule has 0 amide bonds. The van der Waals surface area contributed by atoms with Crippen molar-refractivity contribution >= 4 is 10.9 Å². The molecule has 1 aromatic heterocycles. The summed E-state index contributed by atoms with van der Waals surface area (Å²) in [4.78, 5) is 16.7. The fourth-order valence-electron chi connectivity index (χ4n) is 2.46. The Bertz CT molecular complexity index is 851. The van der Waals surface area contributed by atoms with Gasteiger partial charge in [0.05, 0.1) is 5.52 Å². The highest BCUT2D eigenvalue weighted by atomic mass is 16.5. The van der Waals surface area contributed by atoms with Gasteiger partial charge in [-0.1, -0.05) is 24.3 Å².